The predicted octanol–water partition coefficient (Wildman–Crippen LogP) is 4.72. The number of allylic oxidation sites excluding steroid dienone is 4. The lowest BCUT2D eigenvalue weighted by molar-refractivity contribution is -0.137. The van der Waals surface area contributed by atoms with Gasteiger partial charge in [-0.05, 0) is 48.6 Å². The van der Waals surface area contributed by atoms with Gasteiger partial charge < -0.3 is 14.7 Å². The minimum absolute atomic E-state index is 0.0180. The van der Waals surface area contributed by atoms with Crippen molar-refractivity contribution in [1.29, 1.82) is 0 Å². The maximum Gasteiger partial charge on any atom is 0.303 e. The van der Waals surface area contributed by atoms with E-state index in [4.69, 9.17) is 9.84 Å². The highest BCUT2D eigenvalue weighted by Gasteiger charge is 2.33. The molecule has 1 aromatic carbocycles. The van der Waals surface area contributed by atoms with Gasteiger partial charge in [0.2, 0.25) is 0 Å². The van der Waals surface area contributed by atoms with Gasteiger partial charge >= 0.3 is 5.97 Å². The number of benzene rings is 1. The third-order valence-corrected chi connectivity index (χ3v) is 5.14. The summed E-state index contributed by atoms with van der Waals surface area (Å²) in [5, 5.41) is 8.63. The molecule has 1 aliphatic carbocycles. The molecule has 4 nitrogen and oxygen atoms in total. The lowest BCUT2D eigenvalue weighted by Crippen LogP contribution is -2.24. The molecule has 1 aromatic rings. The van der Waals surface area contributed by atoms with Crippen molar-refractivity contribution in [3.8, 4) is 0 Å². The third kappa shape index (κ3) is 4.49. The van der Waals surface area contributed by atoms with Crippen LogP contribution in [0.3, 0.4) is 0 Å². The smallest absolute Gasteiger partial charge is 0.303 e. The Labute approximate surface area is 158 Å². The second kappa shape index (κ2) is 8.55. The van der Waals surface area contributed by atoms with E-state index in [9.17, 15) is 13.6 Å². The Morgan fingerprint density at radius 2 is 2.07 bits per heavy atom. The highest BCUT2D eigenvalue weighted by atomic mass is 19.1. The van der Waals surface area contributed by atoms with Crippen molar-refractivity contribution < 1.29 is 23.4 Å². The highest BCUT2D eigenvalue weighted by molar-refractivity contribution is 5.74. The van der Waals surface area contributed by atoms with E-state index < -0.39 is 23.9 Å². The Morgan fingerprint density at radius 1 is 1.33 bits per heavy atom. The molecule has 1 heterocycles. The predicted molar refractivity (Wildman–Crippen MR) is 101 cm³/mol. The Kier molecular flexibility index (Phi) is 6.14. The number of aliphatic carboxylic acids is 1. The maximum absolute atomic E-state index is 14.8. The van der Waals surface area contributed by atoms with Crippen LogP contribution in [0.1, 0.15) is 38.2 Å². The summed E-state index contributed by atoms with van der Waals surface area (Å²) in [6.07, 6.45) is 2.19. The third-order valence-electron chi connectivity index (χ3n) is 5.14. The Hall–Kier alpha value is -2.37. The summed E-state index contributed by atoms with van der Waals surface area (Å²) >= 11 is 0. The second-order valence-electron chi connectivity index (χ2n) is 7.09. The van der Waals surface area contributed by atoms with Gasteiger partial charge in [0, 0.05) is 31.1 Å². The van der Waals surface area contributed by atoms with Crippen LogP contribution in [-0.4, -0.2) is 36.9 Å². The normalized spacial score (nSPS) is 22.8. The van der Waals surface area contributed by atoms with Crippen molar-refractivity contribution in [2.45, 2.75) is 38.8 Å². The number of hydrogen-bond acceptors (Lipinski definition) is 3. The first-order valence-corrected chi connectivity index (χ1v) is 9.42. The molecule has 0 spiro atoms. The fraction of sp³-hybridized carbons (Fsp3) is 0.476. The summed E-state index contributed by atoms with van der Waals surface area (Å²) in [6.45, 7) is 3.71. The Bertz CT molecular complexity index is 754. The lowest BCUT2D eigenvalue weighted by Gasteiger charge is -2.27. The average Bonchev–Trinajstić information content (AvgIpc) is 3.18. The molecule has 27 heavy (non-hydrogen) atoms. The number of carbonyl (C=O) groups is 1. The van der Waals surface area contributed by atoms with Gasteiger partial charge in [0.25, 0.3) is 0 Å². The van der Waals surface area contributed by atoms with Crippen LogP contribution < -0.4 is 4.90 Å². The number of alkyl halides is 1. The van der Waals surface area contributed by atoms with Gasteiger partial charge in [-0.1, -0.05) is 19.1 Å². The summed E-state index contributed by atoms with van der Waals surface area (Å²) in [6, 6.07) is 7.81. The fourth-order valence-corrected chi connectivity index (χ4v) is 3.61. The molecule has 146 valence electrons. The van der Waals surface area contributed by atoms with Gasteiger partial charge in [0.1, 0.15) is 0 Å². The largest absolute Gasteiger partial charge is 0.492 e. The molecule has 3 rings (SSSR count). The van der Waals surface area contributed by atoms with E-state index in [-0.39, 0.29) is 25.2 Å². The summed E-state index contributed by atoms with van der Waals surface area (Å²) in [4.78, 5) is 12.8. The number of hydrogen-bond donors (Lipinski definition) is 1. The minimum atomic E-state index is -1.59. The SMILES string of the molecule is CC1C(c2cccc(N3CCCC3)c2)=CC(F)=C(OCCCC(=O)O)C1F. The number of ether oxygens (including phenoxy) is 1. The molecule has 1 N–H and O–H groups in total. The summed E-state index contributed by atoms with van der Waals surface area (Å²) in [7, 11) is 0. The molecule has 0 radical (unpaired) electrons. The van der Waals surface area contributed by atoms with Crippen LogP contribution in [0.25, 0.3) is 5.57 Å². The molecular formula is C21H25F2NO3. The first-order chi connectivity index (χ1) is 13.0. The van der Waals surface area contributed by atoms with Gasteiger partial charge in [-0.25, -0.2) is 8.78 Å². The molecule has 0 saturated carbocycles. The number of carboxylic acids is 1. The second-order valence-corrected chi connectivity index (χ2v) is 7.09. The molecular weight excluding hydrogens is 352 g/mol. The molecule has 0 amide bonds. The van der Waals surface area contributed by atoms with E-state index in [2.05, 4.69) is 4.90 Å². The van der Waals surface area contributed by atoms with E-state index in [0.29, 0.717) is 5.57 Å². The van der Waals surface area contributed by atoms with E-state index in [1.54, 1.807) is 6.92 Å². The van der Waals surface area contributed by atoms with Gasteiger partial charge in [0.15, 0.2) is 17.8 Å². The Morgan fingerprint density at radius 3 is 2.78 bits per heavy atom. The summed E-state index contributed by atoms with van der Waals surface area (Å²) in [5.41, 5.74) is 2.50. The first kappa shape index (κ1) is 19.4. The molecule has 2 atom stereocenters. The lowest BCUT2D eigenvalue weighted by atomic mass is 9.85. The van der Waals surface area contributed by atoms with E-state index in [0.717, 1.165) is 37.2 Å². The Balaban J connectivity index is 1.78. The first-order valence-electron chi connectivity index (χ1n) is 9.42. The molecule has 1 fully saturated rings. The molecule has 2 unspecified atom stereocenters. The topological polar surface area (TPSA) is 49.8 Å². The molecule has 2 aliphatic rings. The van der Waals surface area contributed by atoms with Crippen molar-refractivity contribution >= 4 is 17.2 Å². The van der Waals surface area contributed by atoms with Crippen LogP contribution >= 0.6 is 0 Å². The zero-order valence-corrected chi connectivity index (χ0v) is 15.5. The fourth-order valence-electron chi connectivity index (χ4n) is 3.61. The minimum Gasteiger partial charge on any atom is -0.492 e. The van der Waals surface area contributed by atoms with Crippen LogP contribution in [0.15, 0.2) is 41.9 Å². The number of halogens is 2. The van der Waals surface area contributed by atoms with Crippen molar-refractivity contribution in [2.75, 3.05) is 24.6 Å². The van der Waals surface area contributed by atoms with Crippen LogP contribution in [0, 0.1) is 5.92 Å². The maximum atomic E-state index is 14.8. The monoisotopic (exact) mass is 377 g/mol. The van der Waals surface area contributed by atoms with Gasteiger partial charge in [0.05, 0.1) is 6.61 Å². The summed E-state index contributed by atoms with van der Waals surface area (Å²) < 4.78 is 34.6. The van der Waals surface area contributed by atoms with Gasteiger partial charge in [-0.15, -0.1) is 0 Å². The van der Waals surface area contributed by atoms with E-state index in [1.165, 1.54) is 6.08 Å². The number of rotatable bonds is 7. The molecule has 0 aromatic heterocycles. The number of anilines is 1. The quantitative estimate of drug-likeness (QED) is 0.699. The van der Waals surface area contributed by atoms with Crippen LogP contribution in [0.4, 0.5) is 14.5 Å². The van der Waals surface area contributed by atoms with Gasteiger partial charge in [-0.2, -0.15) is 0 Å². The molecule has 0 bridgehead atoms. The van der Waals surface area contributed by atoms with Crippen molar-refractivity contribution in [3.63, 3.8) is 0 Å². The van der Waals surface area contributed by atoms with Crippen molar-refractivity contribution in [1.82, 2.24) is 0 Å². The van der Waals surface area contributed by atoms with Crippen molar-refractivity contribution in [3.05, 3.63) is 47.5 Å². The highest BCUT2D eigenvalue weighted by Crippen LogP contribution is 2.39. The van der Waals surface area contributed by atoms with Crippen LogP contribution in [-0.2, 0) is 9.53 Å². The molecule has 1 aliphatic heterocycles. The van der Waals surface area contributed by atoms with E-state index >= 15 is 0 Å². The average molecular weight is 377 g/mol. The molecule has 1 saturated heterocycles. The zero-order chi connectivity index (χ0) is 19.4. The van der Waals surface area contributed by atoms with E-state index in [1.807, 2.05) is 24.3 Å². The number of carboxylic acid groups (broad SMARTS) is 1. The van der Waals surface area contributed by atoms with Gasteiger partial charge in [-0.3, -0.25) is 4.79 Å². The van der Waals surface area contributed by atoms with Crippen molar-refractivity contribution in [2.24, 2.45) is 5.92 Å². The standard InChI is InChI=1S/C21H25F2NO3/c1-14-17(15-6-4-7-16(12-15)24-9-2-3-10-24)13-18(22)21(20(14)23)27-11-5-8-19(25)26/h4,6-7,12-14,20H,2-3,5,8-11H2,1H3,(H,25,26). The number of nitrogens with zero attached hydrogens (tertiary/aromatic N) is 1. The van der Waals surface area contributed by atoms with Crippen LogP contribution in [0.2, 0.25) is 0 Å². The molecule has 6 heteroatoms. The van der Waals surface area contributed by atoms with Crippen LogP contribution in [0.5, 0.6) is 0 Å². The summed E-state index contributed by atoms with van der Waals surface area (Å²) in [5.74, 6) is -2.56. The zero-order valence-electron chi connectivity index (χ0n) is 15.5.